The van der Waals surface area contributed by atoms with E-state index in [-0.39, 0.29) is 6.61 Å². The predicted molar refractivity (Wildman–Crippen MR) is 57.8 cm³/mol. The van der Waals surface area contributed by atoms with E-state index in [0.29, 0.717) is 18.6 Å². The Morgan fingerprint density at radius 2 is 2.00 bits per heavy atom. The highest BCUT2D eigenvalue weighted by Crippen LogP contribution is 2.25. The number of nitro groups is 1. The number of nitro benzene ring substituents is 1. The first kappa shape index (κ1) is 13.3. The minimum atomic E-state index is -1.05. The van der Waals surface area contributed by atoms with Gasteiger partial charge in [0, 0.05) is 6.04 Å². The zero-order valence-corrected chi connectivity index (χ0v) is 9.11. The Balaban J connectivity index is 3.05. The number of anilines is 1. The Hall–Kier alpha value is -1.76. The number of hydrogen-bond donors (Lipinski definition) is 2. The Morgan fingerprint density at radius 3 is 2.35 bits per heavy atom. The van der Waals surface area contributed by atoms with Gasteiger partial charge in [-0.3, -0.25) is 10.1 Å². The van der Waals surface area contributed by atoms with Gasteiger partial charge < -0.3 is 10.4 Å². The number of hydrogen-bond acceptors (Lipinski definition) is 4. The van der Waals surface area contributed by atoms with E-state index >= 15 is 0 Å². The van der Waals surface area contributed by atoms with Gasteiger partial charge in [-0.2, -0.15) is 0 Å². The molecule has 0 bridgehead atoms. The summed E-state index contributed by atoms with van der Waals surface area (Å²) >= 11 is 0. The van der Waals surface area contributed by atoms with E-state index in [1.165, 1.54) is 0 Å². The summed E-state index contributed by atoms with van der Waals surface area (Å²) < 4.78 is 26.8. The summed E-state index contributed by atoms with van der Waals surface area (Å²) in [6.45, 7) is 1.45. The van der Waals surface area contributed by atoms with Crippen LogP contribution < -0.4 is 5.32 Å². The van der Waals surface area contributed by atoms with Crippen LogP contribution in [0.4, 0.5) is 20.2 Å². The molecule has 17 heavy (non-hydrogen) atoms. The van der Waals surface area contributed by atoms with Crippen LogP contribution >= 0.6 is 0 Å². The monoisotopic (exact) mass is 246 g/mol. The molecule has 1 aromatic carbocycles. The average molecular weight is 246 g/mol. The van der Waals surface area contributed by atoms with E-state index in [2.05, 4.69) is 5.32 Å². The number of halogens is 2. The molecule has 0 radical (unpaired) electrons. The van der Waals surface area contributed by atoms with Gasteiger partial charge in [0.05, 0.1) is 23.7 Å². The third-order valence-electron chi connectivity index (χ3n) is 2.30. The van der Waals surface area contributed by atoms with Gasteiger partial charge in [-0.1, -0.05) is 6.92 Å². The van der Waals surface area contributed by atoms with Gasteiger partial charge in [0.15, 0.2) is 11.6 Å². The maximum Gasteiger partial charge on any atom is 0.275 e. The summed E-state index contributed by atoms with van der Waals surface area (Å²) in [5.74, 6) is -2.10. The summed E-state index contributed by atoms with van der Waals surface area (Å²) in [5, 5.41) is 21.7. The molecular weight excluding hydrogens is 234 g/mol. The molecule has 0 aliphatic heterocycles. The molecule has 0 amide bonds. The van der Waals surface area contributed by atoms with Crippen molar-refractivity contribution in [3.63, 3.8) is 0 Å². The first-order valence-corrected chi connectivity index (χ1v) is 5.00. The second-order valence-corrected chi connectivity index (χ2v) is 3.47. The zero-order valence-electron chi connectivity index (χ0n) is 9.11. The molecule has 0 saturated carbocycles. The van der Waals surface area contributed by atoms with Gasteiger partial charge in [-0.05, 0) is 6.42 Å². The Bertz CT molecular complexity index is 399. The highest BCUT2D eigenvalue weighted by molar-refractivity contribution is 5.52. The second-order valence-electron chi connectivity index (χ2n) is 3.47. The van der Waals surface area contributed by atoms with E-state index in [9.17, 15) is 18.9 Å². The predicted octanol–water partition coefficient (Wildman–Crippen LogP) is 2.06. The van der Waals surface area contributed by atoms with Crippen molar-refractivity contribution in [1.82, 2.24) is 0 Å². The van der Waals surface area contributed by atoms with E-state index < -0.39 is 34.0 Å². The molecule has 0 heterocycles. The molecule has 0 fully saturated rings. The minimum absolute atomic E-state index is 0.285. The topological polar surface area (TPSA) is 75.4 Å². The average Bonchev–Trinajstić information content (AvgIpc) is 2.28. The fourth-order valence-corrected chi connectivity index (χ4v) is 1.28. The van der Waals surface area contributed by atoms with Crippen LogP contribution in [0.1, 0.15) is 13.3 Å². The Labute approximate surface area is 96.2 Å². The Kier molecular flexibility index (Phi) is 4.33. The first-order valence-electron chi connectivity index (χ1n) is 5.00. The number of nitrogens with zero attached hydrogens (tertiary/aromatic N) is 1. The second kappa shape index (κ2) is 5.53. The normalized spacial score (nSPS) is 12.2. The molecule has 1 rings (SSSR count). The number of aliphatic hydroxyl groups is 1. The van der Waals surface area contributed by atoms with Crippen LogP contribution in [0.15, 0.2) is 12.1 Å². The maximum atomic E-state index is 13.4. The first-order chi connectivity index (χ1) is 7.99. The summed E-state index contributed by atoms with van der Waals surface area (Å²) in [6.07, 6.45) is 0.465. The van der Waals surface area contributed by atoms with Crippen molar-refractivity contribution in [3.8, 4) is 0 Å². The molecule has 0 aliphatic rings. The number of non-ortho nitro benzene ring substituents is 1. The molecule has 94 valence electrons. The number of benzene rings is 1. The smallest absolute Gasteiger partial charge is 0.275 e. The largest absolute Gasteiger partial charge is 0.394 e. The lowest BCUT2D eigenvalue weighted by molar-refractivity contribution is -0.385. The van der Waals surface area contributed by atoms with Crippen molar-refractivity contribution >= 4 is 11.4 Å². The highest BCUT2D eigenvalue weighted by Gasteiger charge is 2.18. The van der Waals surface area contributed by atoms with E-state index in [1.807, 2.05) is 0 Å². The van der Waals surface area contributed by atoms with Crippen molar-refractivity contribution in [3.05, 3.63) is 33.9 Å². The molecule has 1 aromatic rings. The fourth-order valence-electron chi connectivity index (χ4n) is 1.28. The van der Waals surface area contributed by atoms with Gasteiger partial charge in [0.25, 0.3) is 5.69 Å². The van der Waals surface area contributed by atoms with Crippen LogP contribution in [0.25, 0.3) is 0 Å². The molecule has 7 heteroatoms. The molecular formula is C10H12F2N2O3. The highest BCUT2D eigenvalue weighted by atomic mass is 19.1. The van der Waals surface area contributed by atoms with Gasteiger partial charge >= 0.3 is 0 Å². The maximum absolute atomic E-state index is 13.4. The van der Waals surface area contributed by atoms with Crippen LogP contribution in [0, 0.1) is 21.7 Å². The zero-order chi connectivity index (χ0) is 13.0. The van der Waals surface area contributed by atoms with E-state index in [0.717, 1.165) is 0 Å². The van der Waals surface area contributed by atoms with Crippen LogP contribution in [0.3, 0.4) is 0 Å². The molecule has 0 spiro atoms. The molecule has 2 N–H and O–H groups in total. The summed E-state index contributed by atoms with van der Waals surface area (Å²) in [7, 11) is 0. The number of nitrogens with one attached hydrogen (secondary N) is 1. The minimum Gasteiger partial charge on any atom is -0.394 e. The van der Waals surface area contributed by atoms with Crippen molar-refractivity contribution in [2.75, 3.05) is 11.9 Å². The fraction of sp³-hybridized carbons (Fsp3) is 0.400. The van der Waals surface area contributed by atoms with Gasteiger partial charge in [0.2, 0.25) is 0 Å². The summed E-state index contributed by atoms with van der Waals surface area (Å²) in [4.78, 5) is 9.49. The standard InChI is InChI=1S/C10H12F2N2O3/c1-2-6(5-15)13-10-8(11)3-7(14(16)17)4-9(10)12/h3-4,6,13,15H,2,5H2,1H3. The summed E-state index contributed by atoms with van der Waals surface area (Å²) in [6, 6.07) is 0.769. The van der Waals surface area contributed by atoms with Crippen molar-refractivity contribution in [2.45, 2.75) is 19.4 Å². The van der Waals surface area contributed by atoms with E-state index in [1.54, 1.807) is 6.92 Å². The molecule has 1 unspecified atom stereocenters. The third kappa shape index (κ3) is 3.10. The molecule has 0 aliphatic carbocycles. The van der Waals surface area contributed by atoms with Crippen LogP contribution in [0.2, 0.25) is 0 Å². The number of aliphatic hydroxyl groups excluding tert-OH is 1. The quantitative estimate of drug-likeness (QED) is 0.616. The van der Waals surface area contributed by atoms with Crippen molar-refractivity contribution in [2.24, 2.45) is 0 Å². The number of rotatable bonds is 5. The van der Waals surface area contributed by atoms with Gasteiger partial charge in [-0.25, -0.2) is 8.78 Å². The van der Waals surface area contributed by atoms with Gasteiger partial charge in [0.1, 0.15) is 5.69 Å². The van der Waals surface area contributed by atoms with Crippen LogP contribution in [-0.2, 0) is 0 Å². The molecule has 1 atom stereocenters. The molecule has 0 aromatic heterocycles. The lowest BCUT2D eigenvalue weighted by Gasteiger charge is -2.16. The van der Waals surface area contributed by atoms with Crippen LogP contribution in [-0.4, -0.2) is 22.7 Å². The van der Waals surface area contributed by atoms with E-state index in [4.69, 9.17) is 5.11 Å². The Morgan fingerprint density at radius 1 is 1.47 bits per heavy atom. The lowest BCUT2D eigenvalue weighted by atomic mass is 10.2. The lowest BCUT2D eigenvalue weighted by Crippen LogP contribution is -2.24. The summed E-state index contributed by atoms with van der Waals surface area (Å²) in [5.41, 5.74) is -1.11. The van der Waals surface area contributed by atoms with Gasteiger partial charge in [-0.15, -0.1) is 0 Å². The van der Waals surface area contributed by atoms with Crippen molar-refractivity contribution < 1.29 is 18.8 Å². The van der Waals surface area contributed by atoms with Crippen molar-refractivity contribution in [1.29, 1.82) is 0 Å². The molecule has 0 saturated heterocycles. The van der Waals surface area contributed by atoms with Crippen LogP contribution in [0.5, 0.6) is 0 Å². The SMILES string of the molecule is CCC(CO)Nc1c(F)cc([N+](=O)[O-])cc1F. The third-order valence-corrected chi connectivity index (χ3v) is 2.30. The molecule has 5 nitrogen and oxygen atoms in total.